The Labute approximate surface area is 117 Å². The molecule has 1 aromatic carbocycles. The van der Waals surface area contributed by atoms with Crippen LogP contribution in [0.4, 0.5) is 11.5 Å². The van der Waals surface area contributed by atoms with Crippen molar-refractivity contribution >= 4 is 24.3 Å². The van der Waals surface area contributed by atoms with Crippen molar-refractivity contribution in [2.45, 2.75) is 26.2 Å². The number of rotatable bonds is 2. The highest BCUT2D eigenvalue weighted by Gasteiger charge is 2.11. The summed E-state index contributed by atoms with van der Waals surface area (Å²) in [5.41, 5.74) is 3.62. The predicted octanol–water partition coefficient (Wildman–Crippen LogP) is 2.48. The fourth-order valence-electron chi connectivity index (χ4n) is 2.45. The molecule has 0 aliphatic heterocycles. The Morgan fingerprint density at radius 1 is 1.26 bits per heavy atom. The Hall–Kier alpha value is -1.75. The summed E-state index contributed by atoms with van der Waals surface area (Å²) in [7, 11) is 0. The van der Waals surface area contributed by atoms with Crippen molar-refractivity contribution in [1.29, 1.82) is 0 Å². The first-order valence-corrected chi connectivity index (χ1v) is 6.72. The minimum atomic E-state index is -0.181. The lowest BCUT2D eigenvalue weighted by molar-refractivity contribution is 0.912. The second-order valence-corrected chi connectivity index (χ2v) is 5.20. The van der Waals surface area contributed by atoms with Gasteiger partial charge in [0.05, 0.1) is 0 Å². The Bertz CT molecular complexity index is 694. The van der Waals surface area contributed by atoms with Crippen molar-refractivity contribution in [3.05, 3.63) is 51.6 Å². The molecule has 1 heterocycles. The third kappa shape index (κ3) is 2.38. The molecule has 0 saturated heterocycles. The molecule has 1 aliphatic rings. The van der Waals surface area contributed by atoms with Gasteiger partial charge in [-0.1, -0.05) is 18.9 Å². The predicted molar refractivity (Wildman–Crippen MR) is 79.4 cm³/mol. The molecule has 19 heavy (non-hydrogen) atoms. The Balaban J connectivity index is 1.91. The van der Waals surface area contributed by atoms with Crippen molar-refractivity contribution in [2.75, 3.05) is 5.32 Å². The highest BCUT2D eigenvalue weighted by Crippen LogP contribution is 2.26. The number of benzene rings is 1. The molecule has 0 bridgehead atoms. The zero-order valence-electron chi connectivity index (χ0n) is 10.7. The first kappa shape index (κ1) is 12.3. The maximum absolute atomic E-state index is 11.6. The molecule has 0 unspecified atom stereocenters. The minimum Gasteiger partial charge on any atom is -0.340 e. The first-order valence-electron chi connectivity index (χ1n) is 6.32. The van der Waals surface area contributed by atoms with E-state index < -0.39 is 0 Å². The Morgan fingerprint density at radius 3 is 2.84 bits per heavy atom. The van der Waals surface area contributed by atoms with Crippen LogP contribution in [0.2, 0.25) is 0 Å². The van der Waals surface area contributed by atoms with Crippen LogP contribution in [0.25, 0.3) is 0 Å². The molecule has 5 heteroatoms. The largest absolute Gasteiger partial charge is 0.340 e. The van der Waals surface area contributed by atoms with Crippen molar-refractivity contribution in [3.63, 3.8) is 0 Å². The van der Waals surface area contributed by atoms with Crippen LogP contribution in [0.1, 0.15) is 23.4 Å². The van der Waals surface area contributed by atoms with E-state index >= 15 is 0 Å². The van der Waals surface area contributed by atoms with Gasteiger partial charge in [0, 0.05) is 11.8 Å². The van der Waals surface area contributed by atoms with Crippen LogP contribution in [-0.2, 0) is 12.8 Å². The number of nitrogens with one attached hydrogen (secondary N) is 1. The van der Waals surface area contributed by atoms with Gasteiger partial charge in [-0.2, -0.15) is 0 Å². The van der Waals surface area contributed by atoms with Crippen LogP contribution in [0.15, 0.2) is 29.1 Å². The fraction of sp³-hybridized carbons (Fsp3) is 0.286. The third-order valence-corrected chi connectivity index (χ3v) is 3.92. The normalized spacial score (nSPS) is 13.4. The van der Waals surface area contributed by atoms with Gasteiger partial charge in [-0.3, -0.25) is 4.79 Å². The van der Waals surface area contributed by atoms with Gasteiger partial charge in [0.15, 0.2) is 0 Å². The number of fused-ring (bicyclic) bond motifs is 1. The van der Waals surface area contributed by atoms with Crippen molar-refractivity contribution in [3.8, 4) is 0 Å². The average Bonchev–Trinajstić information content (AvgIpc) is 2.83. The van der Waals surface area contributed by atoms with Gasteiger partial charge in [-0.05, 0) is 49.4 Å². The standard InChI is InChI=1S/C14H15N3OS/c1-9-15-13(8-14(18)17(9)19)16-12-6-5-10-3-2-4-11(10)7-12/h5-8,16,19H,2-4H2,1H3. The summed E-state index contributed by atoms with van der Waals surface area (Å²) in [5.74, 6) is 1.13. The topological polar surface area (TPSA) is 46.9 Å². The van der Waals surface area contributed by atoms with Crippen LogP contribution in [0.3, 0.4) is 0 Å². The van der Waals surface area contributed by atoms with Gasteiger partial charge >= 0.3 is 0 Å². The van der Waals surface area contributed by atoms with E-state index in [4.69, 9.17) is 0 Å². The van der Waals surface area contributed by atoms with E-state index in [1.807, 2.05) is 6.07 Å². The lowest BCUT2D eigenvalue weighted by atomic mass is 10.1. The highest BCUT2D eigenvalue weighted by atomic mass is 32.1. The van der Waals surface area contributed by atoms with Crippen LogP contribution >= 0.6 is 12.8 Å². The molecule has 0 saturated carbocycles. The maximum atomic E-state index is 11.6. The SMILES string of the molecule is Cc1nc(Nc2ccc3c(c2)CCC3)cc(=O)n1S. The van der Waals surface area contributed by atoms with Gasteiger partial charge < -0.3 is 5.32 Å². The molecule has 3 rings (SSSR count). The molecular formula is C14H15N3OS. The molecule has 0 radical (unpaired) electrons. The Kier molecular flexibility index (Phi) is 3.06. The summed E-state index contributed by atoms with van der Waals surface area (Å²) in [6, 6.07) is 7.78. The lowest BCUT2D eigenvalue weighted by Crippen LogP contribution is -2.16. The highest BCUT2D eigenvalue weighted by molar-refractivity contribution is 7.78. The molecule has 0 amide bonds. The second-order valence-electron chi connectivity index (χ2n) is 4.80. The number of aromatic nitrogens is 2. The average molecular weight is 273 g/mol. The van der Waals surface area contributed by atoms with E-state index in [0.29, 0.717) is 11.6 Å². The summed E-state index contributed by atoms with van der Waals surface area (Å²) < 4.78 is 1.23. The molecule has 1 N–H and O–H groups in total. The molecule has 4 nitrogen and oxygen atoms in total. The van der Waals surface area contributed by atoms with E-state index in [1.54, 1.807) is 6.92 Å². The lowest BCUT2D eigenvalue weighted by Gasteiger charge is -2.09. The third-order valence-electron chi connectivity index (χ3n) is 3.43. The van der Waals surface area contributed by atoms with Gasteiger partial charge in [0.1, 0.15) is 11.6 Å². The smallest absolute Gasteiger partial charge is 0.265 e. The summed E-state index contributed by atoms with van der Waals surface area (Å²) in [4.78, 5) is 15.9. The molecule has 0 atom stereocenters. The molecule has 1 aromatic heterocycles. The number of hydrogen-bond donors (Lipinski definition) is 2. The number of nitrogens with zero attached hydrogens (tertiary/aromatic N) is 2. The fourth-order valence-corrected chi connectivity index (χ4v) is 2.56. The van der Waals surface area contributed by atoms with E-state index in [2.05, 4.69) is 35.2 Å². The maximum Gasteiger partial charge on any atom is 0.265 e. The van der Waals surface area contributed by atoms with Crippen molar-refractivity contribution < 1.29 is 0 Å². The van der Waals surface area contributed by atoms with Crippen LogP contribution < -0.4 is 10.9 Å². The minimum absolute atomic E-state index is 0.181. The zero-order valence-corrected chi connectivity index (χ0v) is 11.6. The quantitative estimate of drug-likeness (QED) is 0.826. The summed E-state index contributed by atoms with van der Waals surface area (Å²) >= 11 is 4.05. The van der Waals surface area contributed by atoms with Crippen LogP contribution in [-0.4, -0.2) is 8.96 Å². The molecule has 2 aromatic rings. The van der Waals surface area contributed by atoms with E-state index in [9.17, 15) is 4.79 Å². The van der Waals surface area contributed by atoms with Gasteiger partial charge in [0.2, 0.25) is 0 Å². The van der Waals surface area contributed by atoms with Crippen molar-refractivity contribution in [2.24, 2.45) is 0 Å². The summed E-state index contributed by atoms with van der Waals surface area (Å²) in [6.45, 7) is 1.75. The number of aryl methyl sites for hydroxylation is 3. The summed E-state index contributed by atoms with van der Waals surface area (Å²) in [6.07, 6.45) is 3.53. The molecular weight excluding hydrogens is 258 g/mol. The zero-order chi connectivity index (χ0) is 13.4. The summed E-state index contributed by atoms with van der Waals surface area (Å²) in [5, 5.41) is 3.18. The van der Waals surface area contributed by atoms with E-state index in [1.165, 1.54) is 34.0 Å². The monoisotopic (exact) mass is 273 g/mol. The number of anilines is 2. The molecule has 98 valence electrons. The van der Waals surface area contributed by atoms with Gasteiger partial charge in [-0.15, -0.1) is 0 Å². The molecule has 0 fully saturated rings. The molecule has 0 spiro atoms. The van der Waals surface area contributed by atoms with Crippen LogP contribution in [0.5, 0.6) is 0 Å². The molecule has 1 aliphatic carbocycles. The van der Waals surface area contributed by atoms with Crippen molar-refractivity contribution in [1.82, 2.24) is 8.96 Å². The second kappa shape index (κ2) is 4.74. The van der Waals surface area contributed by atoms with Crippen LogP contribution in [0, 0.1) is 6.92 Å². The number of hydrogen-bond acceptors (Lipinski definition) is 4. The Morgan fingerprint density at radius 2 is 2.05 bits per heavy atom. The first-order chi connectivity index (χ1) is 9.13. The van der Waals surface area contributed by atoms with E-state index in [-0.39, 0.29) is 5.56 Å². The van der Waals surface area contributed by atoms with E-state index in [0.717, 1.165) is 12.1 Å². The van der Waals surface area contributed by atoms with Gasteiger partial charge in [0.25, 0.3) is 5.56 Å². The number of thiol groups is 1. The van der Waals surface area contributed by atoms with Gasteiger partial charge in [-0.25, -0.2) is 8.96 Å².